The highest BCUT2D eigenvalue weighted by Gasteiger charge is 2.44. The van der Waals surface area contributed by atoms with Crippen LogP contribution in [0.1, 0.15) is 49.6 Å². The lowest BCUT2D eigenvalue weighted by atomic mass is 9.94. The van der Waals surface area contributed by atoms with Gasteiger partial charge in [-0.15, -0.1) is 11.3 Å². The molecule has 5 nitrogen and oxygen atoms in total. The van der Waals surface area contributed by atoms with Crippen LogP contribution in [0.2, 0.25) is 0 Å². The van der Waals surface area contributed by atoms with Crippen LogP contribution in [-0.2, 0) is 9.59 Å². The zero-order chi connectivity index (χ0) is 20.5. The summed E-state index contributed by atoms with van der Waals surface area (Å²) in [5, 5.41) is 11.4. The zero-order valence-electron chi connectivity index (χ0n) is 16.4. The second-order valence-electron chi connectivity index (χ2n) is 7.23. The molecule has 1 aromatic carbocycles. The molecule has 2 aliphatic heterocycles. The molecule has 1 amide bonds. The lowest BCUT2D eigenvalue weighted by Gasteiger charge is -2.33. The normalized spacial score (nSPS) is 20.3. The molecule has 1 fully saturated rings. The Morgan fingerprint density at radius 1 is 1.31 bits per heavy atom. The van der Waals surface area contributed by atoms with Crippen LogP contribution in [0.3, 0.4) is 0 Å². The molecule has 6 heteroatoms. The molecule has 0 spiro atoms. The predicted octanol–water partition coefficient (Wildman–Crippen LogP) is 4.87. The minimum atomic E-state index is -0.417. The molecule has 0 radical (unpaired) electrons. The van der Waals surface area contributed by atoms with Crippen LogP contribution in [-0.4, -0.2) is 27.5 Å². The van der Waals surface area contributed by atoms with Crippen LogP contribution < -0.4 is 0 Å². The fraction of sp³-hybridized carbons (Fsp3) is 0.261. The maximum Gasteiger partial charge on any atom is 0.256 e. The standard InChI is InChI=1S/C23H22N2O3S/c1-3-5-18(27)21-14(2)24-20-13-16(12-15-7-9-17(26)10-8-15)23(28)25(20)22(21)19-6-4-11-29-19/h4,6-12,22,26H,3,5,13H2,1-2H3/b16-12-. The first-order valence-electron chi connectivity index (χ1n) is 9.67. The summed E-state index contributed by atoms with van der Waals surface area (Å²) in [6.07, 6.45) is 3.45. The van der Waals surface area contributed by atoms with Gasteiger partial charge in [-0.2, -0.15) is 0 Å². The third kappa shape index (κ3) is 3.56. The third-order valence-corrected chi connectivity index (χ3v) is 6.09. The number of Topliss-reactive ketones (excluding diaryl/α,β-unsaturated/α-hetero) is 1. The van der Waals surface area contributed by atoms with Crippen LogP contribution in [0.25, 0.3) is 6.08 Å². The van der Waals surface area contributed by atoms with E-state index in [0.717, 1.165) is 16.9 Å². The first kappa shape index (κ1) is 19.3. The Bertz CT molecular complexity index is 1050. The van der Waals surface area contributed by atoms with Gasteiger partial charge in [-0.1, -0.05) is 25.1 Å². The number of phenols is 1. The maximum atomic E-state index is 13.3. The topological polar surface area (TPSA) is 70.0 Å². The molecule has 2 aliphatic rings. The molecule has 29 heavy (non-hydrogen) atoms. The number of ketones is 1. The summed E-state index contributed by atoms with van der Waals surface area (Å²) in [6, 6.07) is 10.2. The minimum absolute atomic E-state index is 0.0509. The van der Waals surface area contributed by atoms with E-state index in [1.165, 1.54) is 0 Å². The van der Waals surface area contributed by atoms with Crippen LogP contribution in [0.15, 0.2) is 63.6 Å². The molecule has 1 aromatic heterocycles. The van der Waals surface area contributed by atoms with E-state index in [-0.39, 0.29) is 17.4 Å². The van der Waals surface area contributed by atoms with Gasteiger partial charge in [-0.3, -0.25) is 14.5 Å². The van der Waals surface area contributed by atoms with Crippen LogP contribution in [0, 0.1) is 0 Å². The van der Waals surface area contributed by atoms with E-state index < -0.39 is 6.04 Å². The highest BCUT2D eigenvalue weighted by atomic mass is 32.1. The quantitative estimate of drug-likeness (QED) is 0.721. The summed E-state index contributed by atoms with van der Waals surface area (Å²) in [5.74, 6) is 0.798. The second-order valence-corrected chi connectivity index (χ2v) is 8.21. The lowest BCUT2D eigenvalue weighted by molar-refractivity contribution is -0.124. The number of allylic oxidation sites excluding steroid dienone is 1. The van der Waals surface area contributed by atoms with E-state index >= 15 is 0 Å². The summed E-state index contributed by atoms with van der Waals surface area (Å²) in [5.41, 5.74) is 2.79. The number of aliphatic imine (C=N–C) groups is 1. The molecule has 0 bridgehead atoms. The molecular formula is C23H22N2O3S. The van der Waals surface area contributed by atoms with Crippen molar-refractivity contribution in [1.29, 1.82) is 0 Å². The molecule has 1 N–H and O–H groups in total. The Hall–Kier alpha value is -2.99. The number of phenolic OH excluding ortho intramolecular Hbond substituents is 1. The zero-order valence-corrected chi connectivity index (χ0v) is 17.2. The number of carbonyl (C=O) groups is 2. The van der Waals surface area contributed by atoms with Crippen molar-refractivity contribution in [3.05, 3.63) is 69.1 Å². The molecule has 148 valence electrons. The molecule has 2 aromatic rings. The first-order valence-corrected chi connectivity index (χ1v) is 10.6. The predicted molar refractivity (Wildman–Crippen MR) is 115 cm³/mol. The van der Waals surface area contributed by atoms with Crippen molar-refractivity contribution in [3.63, 3.8) is 0 Å². The van der Waals surface area contributed by atoms with Gasteiger partial charge >= 0.3 is 0 Å². The third-order valence-electron chi connectivity index (χ3n) is 5.16. The van der Waals surface area contributed by atoms with Gasteiger partial charge in [0, 0.05) is 34.6 Å². The molecule has 1 unspecified atom stereocenters. The van der Waals surface area contributed by atoms with Crippen molar-refractivity contribution in [2.75, 3.05) is 0 Å². The highest BCUT2D eigenvalue weighted by molar-refractivity contribution is 7.10. The molecule has 4 rings (SSSR count). The van der Waals surface area contributed by atoms with Gasteiger partial charge in [0.1, 0.15) is 17.6 Å². The monoisotopic (exact) mass is 406 g/mol. The van der Waals surface area contributed by atoms with Gasteiger partial charge in [0.05, 0.1) is 0 Å². The Labute approximate surface area is 173 Å². The maximum absolute atomic E-state index is 13.3. The van der Waals surface area contributed by atoms with Gasteiger partial charge < -0.3 is 5.11 Å². The summed E-state index contributed by atoms with van der Waals surface area (Å²) in [6.45, 7) is 3.84. The number of benzene rings is 1. The van der Waals surface area contributed by atoms with E-state index in [1.54, 1.807) is 40.5 Å². The van der Waals surface area contributed by atoms with Crippen LogP contribution in [0.5, 0.6) is 5.75 Å². The number of rotatable bonds is 5. The Morgan fingerprint density at radius 2 is 2.07 bits per heavy atom. The van der Waals surface area contributed by atoms with E-state index in [4.69, 9.17) is 0 Å². The van der Waals surface area contributed by atoms with E-state index in [0.29, 0.717) is 35.5 Å². The Kier molecular flexibility index (Phi) is 5.20. The Balaban J connectivity index is 1.76. The molecule has 1 atom stereocenters. The van der Waals surface area contributed by atoms with Crippen LogP contribution >= 0.6 is 11.3 Å². The van der Waals surface area contributed by atoms with Gasteiger partial charge in [-0.05, 0) is 48.6 Å². The number of hydrogen-bond acceptors (Lipinski definition) is 5. The number of aromatic hydroxyl groups is 1. The second kappa shape index (κ2) is 7.79. The largest absolute Gasteiger partial charge is 0.508 e. The molecule has 0 saturated carbocycles. The van der Waals surface area contributed by atoms with Gasteiger partial charge in [0.15, 0.2) is 5.78 Å². The fourth-order valence-corrected chi connectivity index (χ4v) is 4.68. The average Bonchev–Trinajstić information content (AvgIpc) is 3.32. The number of nitrogens with zero attached hydrogens (tertiary/aromatic N) is 2. The summed E-state index contributed by atoms with van der Waals surface area (Å²) in [7, 11) is 0. The van der Waals surface area contributed by atoms with E-state index in [1.807, 2.05) is 37.4 Å². The summed E-state index contributed by atoms with van der Waals surface area (Å²) in [4.78, 5) is 33.6. The van der Waals surface area contributed by atoms with E-state index in [2.05, 4.69) is 4.99 Å². The van der Waals surface area contributed by atoms with Crippen molar-refractivity contribution in [1.82, 2.24) is 4.90 Å². The Morgan fingerprint density at radius 3 is 2.72 bits per heavy atom. The average molecular weight is 407 g/mol. The van der Waals surface area contributed by atoms with Gasteiger partial charge in [-0.25, -0.2) is 4.99 Å². The van der Waals surface area contributed by atoms with Crippen LogP contribution in [0.4, 0.5) is 0 Å². The SMILES string of the molecule is CCCC(=O)C1=C(C)N=C2C/C(=C/c3ccc(O)cc3)C(=O)N2C1c1cccs1. The number of amides is 1. The number of amidine groups is 1. The number of fused-ring (bicyclic) bond motifs is 1. The van der Waals surface area contributed by atoms with Crippen molar-refractivity contribution in [2.45, 2.75) is 39.2 Å². The van der Waals surface area contributed by atoms with Crippen molar-refractivity contribution in [2.24, 2.45) is 4.99 Å². The van der Waals surface area contributed by atoms with Gasteiger partial charge in [0.2, 0.25) is 0 Å². The molecule has 3 heterocycles. The molecule has 0 aliphatic carbocycles. The minimum Gasteiger partial charge on any atom is -0.508 e. The smallest absolute Gasteiger partial charge is 0.256 e. The summed E-state index contributed by atoms with van der Waals surface area (Å²) < 4.78 is 0. The van der Waals surface area contributed by atoms with Crippen molar-refractivity contribution < 1.29 is 14.7 Å². The van der Waals surface area contributed by atoms with E-state index in [9.17, 15) is 14.7 Å². The first-order chi connectivity index (χ1) is 14.0. The molecular weight excluding hydrogens is 384 g/mol. The highest BCUT2D eigenvalue weighted by Crippen LogP contribution is 2.42. The lowest BCUT2D eigenvalue weighted by Crippen LogP contribution is -2.39. The summed E-state index contributed by atoms with van der Waals surface area (Å²) >= 11 is 1.55. The van der Waals surface area contributed by atoms with Gasteiger partial charge in [0.25, 0.3) is 5.91 Å². The fourth-order valence-electron chi connectivity index (χ4n) is 3.86. The number of carbonyl (C=O) groups excluding carboxylic acids is 2. The molecule has 1 saturated heterocycles. The number of hydrogen-bond donors (Lipinski definition) is 1. The van der Waals surface area contributed by atoms with Crippen molar-refractivity contribution in [3.8, 4) is 5.75 Å². The van der Waals surface area contributed by atoms with Crippen molar-refractivity contribution >= 4 is 34.9 Å². The number of thiophene rings is 1.